The van der Waals surface area contributed by atoms with Crippen LogP contribution in [0.2, 0.25) is 5.02 Å². The molecule has 6 rings (SSSR count). The number of carbonyl (C=O) groups is 1. The predicted molar refractivity (Wildman–Crippen MR) is 151 cm³/mol. The second-order valence-electron chi connectivity index (χ2n) is 10.3. The van der Waals surface area contributed by atoms with Gasteiger partial charge in [0.1, 0.15) is 29.6 Å². The Morgan fingerprint density at radius 1 is 1.12 bits per heavy atom. The lowest BCUT2D eigenvalue weighted by Crippen LogP contribution is -2.21. The van der Waals surface area contributed by atoms with Crippen LogP contribution in [-0.4, -0.2) is 21.7 Å². The standard InChI is InChI=1S/C31H26ClN5O3/c1-18(19-7-8-19)39-31(38)36-21-9-11-25(27(32)14-21)29-26(17-34)24-12-10-23(15-28(24)37(29)22-5-2-6-22)40-30-20(16-33)4-3-13-35-30/h3-4,9-15,18-19,22H,2,5-8H2,1H3,(H,36,38)/t18-/m1/s1. The third kappa shape index (κ3) is 4.83. The van der Waals surface area contributed by atoms with Crippen LogP contribution >= 0.6 is 11.6 Å². The summed E-state index contributed by atoms with van der Waals surface area (Å²) in [7, 11) is 0. The van der Waals surface area contributed by atoms with E-state index in [0.29, 0.717) is 39.1 Å². The maximum absolute atomic E-state index is 12.4. The molecule has 2 saturated carbocycles. The summed E-state index contributed by atoms with van der Waals surface area (Å²) < 4.78 is 13.6. The van der Waals surface area contributed by atoms with Crippen LogP contribution in [0, 0.1) is 28.6 Å². The first kappa shape index (κ1) is 25.7. The molecule has 2 aromatic heterocycles. The lowest BCUT2D eigenvalue weighted by molar-refractivity contribution is 0.108. The SMILES string of the molecule is C[C@@H](OC(=O)Nc1ccc(-c2c(C#N)c3ccc(Oc4ncccc4C#N)cc3n2C2CCC2)c(Cl)c1)C1CC1. The fraction of sp³-hybridized carbons (Fsp3) is 0.290. The van der Waals surface area contributed by atoms with Crippen molar-refractivity contribution in [1.29, 1.82) is 10.5 Å². The van der Waals surface area contributed by atoms with Crippen molar-refractivity contribution in [3.05, 3.63) is 70.9 Å². The van der Waals surface area contributed by atoms with E-state index in [-0.39, 0.29) is 18.0 Å². The smallest absolute Gasteiger partial charge is 0.411 e. The monoisotopic (exact) mass is 551 g/mol. The van der Waals surface area contributed by atoms with Crippen LogP contribution < -0.4 is 10.1 Å². The average molecular weight is 552 g/mol. The van der Waals surface area contributed by atoms with E-state index in [1.165, 1.54) is 0 Å². The summed E-state index contributed by atoms with van der Waals surface area (Å²) in [6.07, 6.45) is 6.17. The van der Waals surface area contributed by atoms with Gasteiger partial charge in [0.05, 0.1) is 21.8 Å². The topological polar surface area (TPSA) is 113 Å². The van der Waals surface area contributed by atoms with Gasteiger partial charge in [-0.1, -0.05) is 11.6 Å². The average Bonchev–Trinajstić information content (AvgIpc) is 3.72. The lowest BCUT2D eigenvalue weighted by atomic mass is 9.92. The molecule has 0 bridgehead atoms. The van der Waals surface area contributed by atoms with E-state index in [2.05, 4.69) is 27.0 Å². The van der Waals surface area contributed by atoms with Crippen LogP contribution in [0.25, 0.3) is 22.2 Å². The van der Waals surface area contributed by atoms with Crippen LogP contribution in [0.4, 0.5) is 10.5 Å². The molecule has 0 unspecified atom stereocenters. The number of carbonyl (C=O) groups excluding carboxylic acids is 1. The first-order valence-corrected chi connectivity index (χ1v) is 13.7. The zero-order valence-corrected chi connectivity index (χ0v) is 22.6. The van der Waals surface area contributed by atoms with Crippen molar-refractivity contribution in [2.24, 2.45) is 5.92 Å². The van der Waals surface area contributed by atoms with Gasteiger partial charge in [0.25, 0.3) is 0 Å². The van der Waals surface area contributed by atoms with Gasteiger partial charge in [-0.25, -0.2) is 9.78 Å². The number of hydrogen-bond donors (Lipinski definition) is 1. The van der Waals surface area contributed by atoms with Gasteiger partial charge < -0.3 is 14.0 Å². The van der Waals surface area contributed by atoms with Gasteiger partial charge >= 0.3 is 6.09 Å². The number of hydrogen-bond acceptors (Lipinski definition) is 6. The summed E-state index contributed by atoms with van der Waals surface area (Å²) >= 11 is 6.80. The second-order valence-corrected chi connectivity index (χ2v) is 10.7. The molecule has 2 aliphatic rings. The van der Waals surface area contributed by atoms with Gasteiger partial charge in [0.2, 0.25) is 5.88 Å². The van der Waals surface area contributed by atoms with Crippen LogP contribution in [0.5, 0.6) is 11.6 Å². The van der Waals surface area contributed by atoms with E-state index in [1.54, 1.807) is 36.5 Å². The summed E-state index contributed by atoms with van der Waals surface area (Å²) in [5, 5.41) is 23.7. The molecule has 0 radical (unpaired) electrons. The van der Waals surface area contributed by atoms with Gasteiger partial charge in [0.15, 0.2) is 0 Å². The Labute approximate surface area is 236 Å². The predicted octanol–water partition coefficient (Wildman–Crippen LogP) is 7.96. The summed E-state index contributed by atoms with van der Waals surface area (Å²) in [4.78, 5) is 16.6. The van der Waals surface area contributed by atoms with Crippen molar-refractivity contribution in [3.63, 3.8) is 0 Å². The number of rotatable bonds is 7. The number of pyridine rings is 1. The Balaban J connectivity index is 1.38. The molecule has 8 nitrogen and oxygen atoms in total. The second kappa shape index (κ2) is 10.6. The molecule has 2 aromatic carbocycles. The molecule has 40 heavy (non-hydrogen) atoms. The zero-order chi connectivity index (χ0) is 27.8. The zero-order valence-electron chi connectivity index (χ0n) is 21.9. The van der Waals surface area contributed by atoms with Gasteiger partial charge in [0, 0.05) is 34.9 Å². The molecular weight excluding hydrogens is 526 g/mol. The number of anilines is 1. The van der Waals surface area contributed by atoms with E-state index in [0.717, 1.165) is 48.7 Å². The van der Waals surface area contributed by atoms with Crippen molar-refractivity contribution in [3.8, 4) is 35.0 Å². The van der Waals surface area contributed by atoms with E-state index in [9.17, 15) is 15.3 Å². The Morgan fingerprint density at radius 3 is 2.62 bits per heavy atom. The number of benzene rings is 2. The fourth-order valence-electron chi connectivity index (χ4n) is 5.19. The van der Waals surface area contributed by atoms with Crippen molar-refractivity contribution in [2.75, 3.05) is 5.32 Å². The van der Waals surface area contributed by atoms with Crippen molar-refractivity contribution in [2.45, 2.75) is 51.2 Å². The summed E-state index contributed by atoms with van der Waals surface area (Å²) in [6.45, 7) is 1.91. The molecule has 9 heteroatoms. The number of nitrogens with zero attached hydrogens (tertiary/aromatic N) is 4. The molecule has 0 saturated heterocycles. The van der Waals surface area contributed by atoms with Gasteiger partial charge in [-0.2, -0.15) is 10.5 Å². The summed E-state index contributed by atoms with van der Waals surface area (Å²) in [5.41, 5.74) is 3.65. The molecule has 1 amide bonds. The van der Waals surface area contributed by atoms with E-state index in [4.69, 9.17) is 21.1 Å². The van der Waals surface area contributed by atoms with E-state index < -0.39 is 6.09 Å². The minimum atomic E-state index is -0.510. The minimum Gasteiger partial charge on any atom is -0.446 e. The molecule has 4 aromatic rings. The first-order chi connectivity index (χ1) is 19.5. The number of halogens is 1. The Hall–Kier alpha value is -4.53. The lowest BCUT2D eigenvalue weighted by Gasteiger charge is -2.30. The Bertz CT molecular complexity index is 1710. The number of fused-ring (bicyclic) bond motifs is 1. The van der Waals surface area contributed by atoms with Crippen molar-refractivity contribution < 1.29 is 14.3 Å². The largest absolute Gasteiger partial charge is 0.446 e. The molecule has 0 spiro atoms. The third-order valence-corrected chi connectivity index (χ3v) is 8.00. The van der Waals surface area contributed by atoms with Crippen molar-refractivity contribution in [1.82, 2.24) is 9.55 Å². The normalized spacial score (nSPS) is 15.5. The molecule has 2 heterocycles. The molecule has 200 valence electrons. The van der Waals surface area contributed by atoms with E-state index >= 15 is 0 Å². The van der Waals surface area contributed by atoms with Gasteiger partial charge in [-0.3, -0.25) is 5.32 Å². The number of nitrogens with one attached hydrogen (secondary N) is 1. The van der Waals surface area contributed by atoms with Crippen molar-refractivity contribution >= 4 is 34.3 Å². The number of aromatic nitrogens is 2. The minimum absolute atomic E-state index is 0.121. The fourth-order valence-corrected chi connectivity index (χ4v) is 5.46. The molecular formula is C31H26ClN5O3. The highest BCUT2D eigenvalue weighted by Gasteiger charge is 2.31. The van der Waals surface area contributed by atoms with Crippen LogP contribution in [0.15, 0.2) is 54.7 Å². The highest BCUT2D eigenvalue weighted by Crippen LogP contribution is 2.45. The summed E-state index contributed by atoms with van der Waals surface area (Å²) in [6, 6.07) is 18.8. The van der Waals surface area contributed by atoms with Gasteiger partial charge in [-0.15, -0.1) is 0 Å². The summed E-state index contributed by atoms with van der Waals surface area (Å²) in [5.74, 6) is 1.18. The quantitative estimate of drug-likeness (QED) is 0.249. The molecule has 2 fully saturated rings. The molecule has 1 N–H and O–H groups in total. The van der Waals surface area contributed by atoms with Crippen LogP contribution in [0.3, 0.4) is 0 Å². The molecule has 0 aliphatic heterocycles. The van der Waals surface area contributed by atoms with E-state index in [1.807, 2.05) is 25.1 Å². The number of amides is 1. The Morgan fingerprint density at radius 2 is 1.95 bits per heavy atom. The first-order valence-electron chi connectivity index (χ1n) is 13.4. The maximum Gasteiger partial charge on any atom is 0.411 e. The van der Waals surface area contributed by atoms with Gasteiger partial charge in [-0.05, 0) is 87.4 Å². The Kier molecular flexibility index (Phi) is 6.79. The highest BCUT2D eigenvalue weighted by molar-refractivity contribution is 6.33. The molecule has 2 aliphatic carbocycles. The highest BCUT2D eigenvalue weighted by atomic mass is 35.5. The van der Waals surface area contributed by atoms with Crippen LogP contribution in [-0.2, 0) is 4.74 Å². The third-order valence-electron chi connectivity index (χ3n) is 7.68. The van der Waals surface area contributed by atoms with Crippen LogP contribution in [0.1, 0.15) is 56.2 Å². The maximum atomic E-state index is 12.4. The molecule has 1 atom stereocenters. The number of ether oxygens (including phenoxy) is 2. The number of nitriles is 2.